The molecule has 0 aliphatic carbocycles. The van der Waals surface area contributed by atoms with Gasteiger partial charge in [0.05, 0.1) is 10.6 Å². The van der Waals surface area contributed by atoms with Crippen LogP contribution in [0.4, 0.5) is 13.2 Å². The average Bonchev–Trinajstić information content (AvgIpc) is 2.62. The molecule has 28 heavy (non-hydrogen) atoms. The molecule has 0 N–H and O–H groups in total. The Hall–Kier alpha value is -2.38. The van der Waals surface area contributed by atoms with Gasteiger partial charge in [-0.3, -0.25) is 4.79 Å². The van der Waals surface area contributed by atoms with E-state index in [1.165, 1.54) is 6.07 Å². The number of fused-ring (bicyclic) bond motifs is 1. The Bertz CT molecular complexity index is 1040. The highest BCUT2D eigenvalue weighted by atomic mass is 35.5. The molecular formula is C20H14ClF3O3S. The molecule has 0 aromatic heterocycles. The Kier molecular flexibility index (Phi) is 5.76. The maximum absolute atomic E-state index is 12.7. The second-order valence-corrected chi connectivity index (χ2v) is 6.86. The molecule has 3 nitrogen and oxygen atoms in total. The summed E-state index contributed by atoms with van der Waals surface area (Å²) >= 11 is 9.67. The molecule has 8 heteroatoms. The second kappa shape index (κ2) is 7.93. The predicted octanol–water partition coefficient (Wildman–Crippen LogP) is 6.53. The standard InChI is InChI=1S/C20H14ClF3O3S/c1-11(19(25)28)26-15-5-2-12-3-6-16(9-13(12)8-15)27-18-7-4-14(10-17(18)21)20(22,23)24/h2-11H,1H3,(H,25,28). The molecule has 0 fully saturated rings. The number of halogens is 4. The van der Waals surface area contributed by atoms with E-state index in [1.807, 2.05) is 6.07 Å². The molecule has 3 aromatic carbocycles. The maximum atomic E-state index is 12.7. The molecule has 1 atom stereocenters. The molecule has 0 saturated heterocycles. The van der Waals surface area contributed by atoms with Crippen LogP contribution in [0, 0.1) is 0 Å². The number of benzene rings is 3. The topological polar surface area (TPSA) is 35.5 Å². The minimum Gasteiger partial charge on any atom is -0.482 e. The van der Waals surface area contributed by atoms with Crippen LogP contribution in [0.5, 0.6) is 17.2 Å². The fraction of sp³-hybridized carbons (Fsp3) is 0.150. The van der Waals surface area contributed by atoms with Crippen molar-refractivity contribution in [3.8, 4) is 17.2 Å². The van der Waals surface area contributed by atoms with Crippen molar-refractivity contribution < 1.29 is 27.4 Å². The van der Waals surface area contributed by atoms with Crippen molar-refractivity contribution in [3.05, 3.63) is 65.2 Å². The van der Waals surface area contributed by atoms with E-state index in [-0.39, 0.29) is 10.8 Å². The molecule has 0 radical (unpaired) electrons. The normalized spacial score (nSPS) is 12.6. The molecule has 3 rings (SSSR count). The van der Waals surface area contributed by atoms with Crippen molar-refractivity contribution in [2.45, 2.75) is 19.2 Å². The average molecular weight is 427 g/mol. The zero-order valence-electron chi connectivity index (χ0n) is 14.5. The van der Waals surface area contributed by atoms with Gasteiger partial charge >= 0.3 is 6.18 Å². The van der Waals surface area contributed by atoms with Crippen LogP contribution in [-0.2, 0) is 11.0 Å². The van der Waals surface area contributed by atoms with E-state index < -0.39 is 23.0 Å². The highest BCUT2D eigenvalue weighted by molar-refractivity contribution is 7.96. The molecule has 1 unspecified atom stereocenters. The van der Waals surface area contributed by atoms with Crippen LogP contribution in [0.2, 0.25) is 5.02 Å². The third-order valence-corrected chi connectivity index (χ3v) is 4.59. The third kappa shape index (κ3) is 4.72. The lowest BCUT2D eigenvalue weighted by atomic mass is 10.1. The number of hydrogen-bond donors (Lipinski definition) is 1. The summed E-state index contributed by atoms with van der Waals surface area (Å²) in [6.45, 7) is 1.59. The Morgan fingerprint density at radius 2 is 1.64 bits per heavy atom. The van der Waals surface area contributed by atoms with Gasteiger partial charge in [0.1, 0.15) is 17.2 Å². The van der Waals surface area contributed by atoms with Crippen molar-refractivity contribution in [1.29, 1.82) is 0 Å². The third-order valence-electron chi connectivity index (χ3n) is 3.93. The fourth-order valence-electron chi connectivity index (χ4n) is 2.48. The van der Waals surface area contributed by atoms with Crippen LogP contribution in [0.15, 0.2) is 54.6 Å². The minimum absolute atomic E-state index is 0.107. The summed E-state index contributed by atoms with van der Waals surface area (Å²) in [4.78, 5) is 11.2. The molecule has 0 aliphatic heterocycles. The van der Waals surface area contributed by atoms with Crippen LogP contribution in [0.1, 0.15) is 12.5 Å². The van der Waals surface area contributed by atoms with Crippen LogP contribution >= 0.6 is 24.2 Å². The van der Waals surface area contributed by atoms with Crippen molar-refractivity contribution in [2.24, 2.45) is 0 Å². The van der Waals surface area contributed by atoms with Crippen LogP contribution in [-0.4, -0.2) is 11.2 Å². The first-order valence-electron chi connectivity index (χ1n) is 8.11. The van der Waals surface area contributed by atoms with Gasteiger partial charge < -0.3 is 9.47 Å². The largest absolute Gasteiger partial charge is 0.482 e. The van der Waals surface area contributed by atoms with Crippen LogP contribution < -0.4 is 9.47 Å². The molecule has 3 aromatic rings. The van der Waals surface area contributed by atoms with Crippen molar-refractivity contribution in [2.75, 3.05) is 0 Å². The number of hydrogen-bond acceptors (Lipinski definition) is 3. The van der Waals surface area contributed by atoms with E-state index in [4.69, 9.17) is 21.1 Å². The zero-order chi connectivity index (χ0) is 20.5. The van der Waals surface area contributed by atoms with Crippen LogP contribution in [0.3, 0.4) is 0 Å². The summed E-state index contributed by atoms with van der Waals surface area (Å²) in [5, 5.41) is 1.11. The van der Waals surface area contributed by atoms with Crippen molar-refractivity contribution >= 4 is 40.1 Å². The van der Waals surface area contributed by atoms with E-state index in [9.17, 15) is 18.0 Å². The summed E-state index contributed by atoms with van der Waals surface area (Å²) in [5.41, 5.74) is -0.849. The summed E-state index contributed by atoms with van der Waals surface area (Å²) < 4.78 is 49.4. The monoisotopic (exact) mass is 426 g/mol. The molecule has 0 saturated carbocycles. The molecule has 0 spiro atoms. The quantitative estimate of drug-likeness (QED) is 0.471. The van der Waals surface area contributed by atoms with Crippen molar-refractivity contribution in [1.82, 2.24) is 0 Å². The predicted molar refractivity (Wildman–Crippen MR) is 105 cm³/mol. The number of rotatable bonds is 5. The molecular weight excluding hydrogens is 413 g/mol. The number of carbonyl (C=O) groups excluding carboxylic acids is 1. The Morgan fingerprint density at radius 1 is 1.00 bits per heavy atom. The summed E-state index contributed by atoms with van der Waals surface area (Å²) in [7, 11) is 0. The lowest BCUT2D eigenvalue weighted by Gasteiger charge is -2.13. The lowest BCUT2D eigenvalue weighted by molar-refractivity contribution is -0.137. The van der Waals surface area contributed by atoms with E-state index in [0.29, 0.717) is 11.5 Å². The van der Waals surface area contributed by atoms with E-state index in [0.717, 1.165) is 22.9 Å². The van der Waals surface area contributed by atoms with Gasteiger partial charge in [-0.15, -0.1) is 12.6 Å². The first-order valence-corrected chi connectivity index (χ1v) is 8.94. The van der Waals surface area contributed by atoms with E-state index in [1.54, 1.807) is 37.3 Å². The van der Waals surface area contributed by atoms with Gasteiger partial charge in [0.15, 0.2) is 6.10 Å². The van der Waals surface area contributed by atoms with Gasteiger partial charge in [-0.05, 0) is 60.2 Å². The Morgan fingerprint density at radius 3 is 2.25 bits per heavy atom. The van der Waals surface area contributed by atoms with Crippen molar-refractivity contribution in [3.63, 3.8) is 0 Å². The molecule has 146 valence electrons. The van der Waals surface area contributed by atoms with Gasteiger partial charge in [0.25, 0.3) is 0 Å². The Balaban J connectivity index is 1.86. The summed E-state index contributed by atoms with van der Waals surface area (Å²) in [6, 6.07) is 13.3. The smallest absolute Gasteiger partial charge is 0.416 e. The number of ether oxygens (including phenoxy) is 2. The van der Waals surface area contributed by atoms with Crippen LogP contribution in [0.25, 0.3) is 10.8 Å². The fourth-order valence-corrected chi connectivity index (χ4v) is 2.75. The van der Waals surface area contributed by atoms with E-state index >= 15 is 0 Å². The zero-order valence-corrected chi connectivity index (χ0v) is 16.1. The maximum Gasteiger partial charge on any atom is 0.416 e. The highest BCUT2D eigenvalue weighted by Crippen LogP contribution is 2.37. The lowest BCUT2D eigenvalue weighted by Crippen LogP contribution is -2.18. The summed E-state index contributed by atoms with van der Waals surface area (Å²) in [5.74, 6) is 0.979. The summed E-state index contributed by atoms with van der Waals surface area (Å²) in [6.07, 6.45) is -5.18. The van der Waals surface area contributed by atoms with Gasteiger partial charge in [-0.2, -0.15) is 13.2 Å². The molecule has 0 bridgehead atoms. The second-order valence-electron chi connectivity index (χ2n) is 6.01. The first-order chi connectivity index (χ1) is 13.1. The Labute approximate surface area is 169 Å². The van der Waals surface area contributed by atoms with Gasteiger partial charge in [0.2, 0.25) is 5.12 Å². The first kappa shape index (κ1) is 20.4. The minimum atomic E-state index is -4.48. The molecule has 0 amide bonds. The van der Waals surface area contributed by atoms with Gasteiger partial charge in [-0.1, -0.05) is 23.7 Å². The van der Waals surface area contributed by atoms with Gasteiger partial charge in [0, 0.05) is 0 Å². The van der Waals surface area contributed by atoms with E-state index in [2.05, 4.69) is 12.6 Å². The SMILES string of the molecule is CC(Oc1ccc2ccc(Oc3ccc(C(F)(F)F)cc3Cl)cc2c1)C(=O)S. The highest BCUT2D eigenvalue weighted by Gasteiger charge is 2.31. The molecule has 0 heterocycles. The molecule has 0 aliphatic rings. The number of alkyl halides is 3. The number of thiol groups is 1. The number of carbonyl (C=O) groups is 1. The van der Waals surface area contributed by atoms with Gasteiger partial charge in [-0.25, -0.2) is 0 Å².